The van der Waals surface area contributed by atoms with E-state index in [0.29, 0.717) is 11.3 Å². The van der Waals surface area contributed by atoms with Gasteiger partial charge < -0.3 is 15.0 Å². The SMILES string of the molecule is CC(Oc1ccc(C#N)cc1)C(=O)Nc1ccc(N2CCCCC2)cc1. The molecule has 2 aromatic carbocycles. The van der Waals surface area contributed by atoms with Gasteiger partial charge in [-0.25, -0.2) is 0 Å². The molecule has 134 valence electrons. The van der Waals surface area contributed by atoms with Crippen LogP contribution in [0.25, 0.3) is 0 Å². The molecule has 0 radical (unpaired) electrons. The van der Waals surface area contributed by atoms with Gasteiger partial charge in [0.05, 0.1) is 11.6 Å². The van der Waals surface area contributed by atoms with Gasteiger partial charge in [0.25, 0.3) is 5.91 Å². The number of hydrogen-bond acceptors (Lipinski definition) is 4. The molecular formula is C21H23N3O2. The molecule has 1 fully saturated rings. The molecule has 1 amide bonds. The van der Waals surface area contributed by atoms with E-state index in [1.54, 1.807) is 31.2 Å². The first-order valence-corrected chi connectivity index (χ1v) is 8.98. The summed E-state index contributed by atoms with van der Waals surface area (Å²) in [7, 11) is 0. The molecule has 1 aliphatic heterocycles. The average molecular weight is 349 g/mol. The molecule has 26 heavy (non-hydrogen) atoms. The molecule has 5 heteroatoms. The molecule has 1 N–H and O–H groups in total. The van der Waals surface area contributed by atoms with E-state index in [9.17, 15) is 4.79 Å². The fourth-order valence-electron chi connectivity index (χ4n) is 3.02. The largest absolute Gasteiger partial charge is 0.481 e. The zero-order chi connectivity index (χ0) is 18.4. The molecule has 0 aromatic heterocycles. The van der Waals surface area contributed by atoms with Gasteiger partial charge in [-0.3, -0.25) is 4.79 Å². The van der Waals surface area contributed by atoms with E-state index in [2.05, 4.69) is 16.3 Å². The highest BCUT2D eigenvalue weighted by molar-refractivity contribution is 5.94. The summed E-state index contributed by atoms with van der Waals surface area (Å²) in [5.41, 5.74) is 2.51. The van der Waals surface area contributed by atoms with Crippen LogP contribution in [0.3, 0.4) is 0 Å². The van der Waals surface area contributed by atoms with Crippen molar-refractivity contribution >= 4 is 17.3 Å². The molecule has 0 saturated carbocycles. The first kappa shape index (κ1) is 17.8. The molecule has 2 aromatic rings. The Morgan fingerprint density at radius 3 is 2.35 bits per heavy atom. The lowest BCUT2D eigenvalue weighted by Crippen LogP contribution is -2.30. The predicted octanol–water partition coefficient (Wildman–Crippen LogP) is 3.95. The zero-order valence-corrected chi connectivity index (χ0v) is 14.9. The second-order valence-electron chi connectivity index (χ2n) is 6.48. The number of nitrogens with one attached hydrogen (secondary N) is 1. The van der Waals surface area contributed by atoms with Crippen molar-refractivity contribution in [3.63, 3.8) is 0 Å². The van der Waals surface area contributed by atoms with E-state index < -0.39 is 6.10 Å². The number of piperidine rings is 1. The Bertz CT molecular complexity index is 772. The molecule has 0 bridgehead atoms. The number of ether oxygens (including phenoxy) is 1. The third-order valence-corrected chi connectivity index (χ3v) is 4.52. The van der Waals surface area contributed by atoms with Crippen LogP contribution in [-0.2, 0) is 4.79 Å². The topological polar surface area (TPSA) is 65.4 Å². The van der Waals surface area contributed by atoms with E-state index in [-0.39, 0.29) is 5.91 Å². The maximum absolute atomic E-state index is 12.3. The Balaban J connectivity index is 1.55. The minimum atomic E-state index is -0.635. The van der Waals surface area contributed by atoms with E-state index in [1.807, 2.05) is 24.3 Å². The molecule has 3 rings (SSSR count). The van der Waals surface area contributed by atoms with E-state index in [0.717, 1.165) is 18.8 Å². The average Bonchev–Trinajstić information content (AvgIpc) is 2.70. The van der Waals surface area contributed by atoms with Crippen molar-refractivity contribution in [3.8, 4) is 11.8 Å². The number of anilines is 2. The van der Waals surface area contributed by atoms with Crippen LogP contribution in [-0.4, -0.2) is 25.1 Å². The van der Waals surface area contributed by atoms with Crippen LogP contribution in [0.2, 0.25) is 0 Å². The minimum Gasteiger partial charge on any atom is -0.481 e. The van der Waals surface area contributed by atoms with E-state index in [1.165, 1.54) is 24.9 Å². The molecule has 0 aliphatic carbocycles. The normalized spacial score (nSPS) is 15.0. The molecule has 1 saturated heterocycles. The molecule has 0 spiro atoms. The van der Waals surface area contributed by atoms with Crippen molar-refractivity contribution < 1.29 is 9.53 Å². The minimum absolute atomic E-state index is 0.208. The van der Waals surface area contributed by atoms with Crippen molar-refractivity contribution in [1.29, 1.82) is 5.26 Å². The van der Waals surface area contributed by atoms with Gasteiger partial charge in [-0.05, 0) is 74.7 Å². The lowest BCUT2D eigenvalue weighted by Gasteiger charge is -2.28. The third kappa shape index (κ3) is 4.54. The fraction of sp³-hybridized carbons (Fsp3) is 0.333. The van der Waals surface area contributed by atoms with Crippen molar-refractivity contribution in [2.75, 3.05) is 23.3 Å². The van der Waals surface area contributed by atoms with Crippen LogP contribution < -0.4 is 15.0 Å². The van der Waals surface area contributed by atoms with Crippen LogP contribution in [0.1, 0.15) is 31.7 Å². The summed E-state index contributed by atoms with van der Waals surface area (Å²) >= 11 is 0. The zero-order valence-electron chi connectivity index (χ0n) is 14.9. The monoisotopic (exact) mass is 349 g/mol. The van der Waals surface area contributed by atoms with Gasteiger partial charge in [0.1, 0.15) is 5.75 Å². The lowest BCUT2D eigenvalue weighted by atomic mass is 10.1. The van der Waals surface area contributed by atoms with Gasteiger partial charge in [-0.15, -0.1) is 0 Å². The number of benzene rings is 2. The molecule has 1 unspecified atom stereocenters. The second kappa shape index (κ2) is 8.39. The summed E-state index contributed by atoms with van der Waals surface area (Å²) in [6, 6.07) is 16.7. The Morgan fingerprint density at radius 2 is 1.73 bits per heavy atom. The summed E-state index contributed by atoms with van der Waals surface area (Å²) in [6.07, 6.45) is 3.15. The molecule has 1 aliphatic rings. The Hall–Kier alpha value is -3.00. The van der Waals surface area contributed by atoms with Gasteiger partial charge in [-0.2, -0.15) is 5.26 Å². The van der Waals surface area contributed by atoms with Gasteiger partial charge in [0, 0.05) is 24.5 Å². The second-order valence-corrected chi connectivity index (χ2v) is 6.48. The van der Waals surface area contributed by atoms with Gasteiger partial charge in [0.15, 0.2) is 6.10 Å². The number of hydrogen-bond donors (Lipinski definition) is 1. The van der Waals surface area contributed by atoms with Crippen molar-refractivity contribution in [2.45, 2.75) is 32.3 Å². The smallest absolute Gasteiger partial charge is 0.265 e. The third-order valence-electron chi connectivity index (χ3n) is 4.52. The van der Waals surface area contributed by atoms with Crippen LogP contribution in [0.15, 0.2) is 48.5 Å². The van der Waals surface area contributed by atoms with Crippen molar-refractivity contribution in [1.82, 2.24) is 0 Å². The summed E-state index contributed by atoms with van der Waals surface area (Å²) in [6.45, 7) is 3.90. The van der Waals surface area contributed by atoms with Crippen LogP contribution in [0, 0.1) is 11.3 Å². The van der Waals surface area contributed by atoms with E-state index in [4.69, 9.17) is 10.00 Å². The number of carbonyl (C=O) groups is 1. The Morgan fingerprint density at radius 1 is 1.08 bits per heavy atom. The van der Waals surface area contributed by atoms with Gasteiger partial charge in [-0.1, -0.05) is 0 Å². The van der Waals surface area contributed by atoms with E-state index >= 15 is 0 Å². The molecular weight excluding hydrogens is 326 g/mol. The number of nitriles is 1. The molecule has 1 heterocycles. The fourth-order valence-corrected chi connectivity index (χ4v) is 3.02. The maximum Gasteiger partial charge on any atom is 0.265 e. The summed E-state index contributed by atoms with van der Waals surface area (Å²) in [5.74, 6) is 0.354. The summed E-state index contributed by atoms with van der Waals surface area (Å²) in [4.78, 5) is 14.7. The Labute approximate surface area is 154 Å². The first-order chi connectivity index (χ1) is 12.7. The van der Waals surface area contributed by atoms with Gasteiger partial charge >= 0.3 is 0 Å². The molecule has 1 atom stereocenters. The summed E-state index contributed by atoms with van der Waals surface area (Å²) in [5, 5.41) is 11.7. The highest BCUT2D eigenvalue weighted by Gasteiger charge is 2.15. The van der Waals surface area contributed by atoms with Crippen molar-refractivity contribution in [3.05, 3.63) is 54.1 Å². The highest BCUT2D eigenvalue weighted by atomic mass is 16.5. The summed E-state index contributed by atoms with van der Waals surface area (Å²) < 4.78 is 5.64. The molecule has 5 nitrogen and oxygen atoms in total. The van der Waals surface area contributed by atoms with Crippen LogP contribution in [0.5, 0.6) is 5.75 Å². The maximum atomic E-state index is 12.3. The number of carbonyl (C=O) groups excluding carboxylic acids is 1. The highest BCUT2D eigenvalue weighted by Crippen LogP contribution is 2.22. The van der Waals surface area contributed by atoms with Gasteiger partial charge in [0.2, 0.25) is 0 Å². The standard InChI is InChI=1S/C21H23N3O2/c1-16(26-20-11-5-17(15-22)6-12-20)21(25)23-18-7-9-19(10-8-18)24-13-3-2-4-14-24/h5-12,16H,2-4,13-14H2,1H3,(H,23,25). The quantitative estimate of drug-likeness (QED) is 0.887. The predicted molar refractivity (Wildman–Crippen MR) is 102 cm³/mol. The van der Waals surface area contributed by atoms with Crippen LogP contribution >= 0.6 is 0 Å². The first-order valence-electron chi connectivity index (χ1n) is 8.98. The van der Waals surface area contributed by atoms with Crippen molar-refractivity contribution in [2.24, 2.45) is 0 Å². The Kier molecular flexibility index (Phi) is 5.75. The number of amides is 1. The number of rotatable bonds is 5. The van der Waals surface area contributed by atoms with Crippen LogP contribution in [0.4, 0.5) is 11.4 Å². The lowest BCUT2D eigenvalue weighted by molar-refractivity contribution is -0.122. The number of nitrogens with zero attached hydrogens (tertiary/aromatic N) is 2.